The minimum Gasteiger partial charge on any atom is -0.398 e. The maximum atomic E-state index is 5.98. The van der Waals surface area contributed by atoms with Gasteiger partial charge < -0.3 is 5.73 Å². The van der Waals surface area contributed by atoms with E-state index in [4.69, 9.17) is 17.3 Å². The molecule has 17 heavy (non-hydrogen) atoms. The van der Waals surface area contributed by atoms with Crippen molar-refractivity contribution in [2.24, 2.45) is 7.05 Å². The van der Waals surface area contributed by atoms with Crippen molar-refractivity contribution in [1.29, 1.82) is 0 Å². The number of benzene rings is 1. The SMILES string of the molecule is Cc1cc(CSc2ccc(N)c(Cl)c2)n(C)n1. The van der Waals surface area contributed by atoms with E-state index in [0.717, 1.165) is 16.3 Å². The van der Waals surface area contributed by atoms with Crippen LogP contribution in [0.15, 0.2) is 29.2 Å². The van der Waals surface area contributed by atoms with E-state index < -0.39 is 0 Å². The first kappa shape index (κ1) is 12.3. The van der Waals surface area contributed by atoms with Crippen molar-refractivity contribution in [3.8, 4) is 0 Å². The topological polar surface area (TPSA) is 43.8 Å². The van der Waals surface area contributed by atoms with Crippen molar-refractivity contribution in [3.63, 3.8) is 0 Å². The second-order valence-corrected chi connectivity index (χ2v) is 5.33. The Labute approximate surface area is 110 Å². The average molecular weight is 268 g/mol. The summed E-state index contributed by atoms with van der Waals surface area (Å²) >= 11 is 7.70. The normalized spacial score (nSPS) is 10.8. The molecule has 2 aromatic rings. The number of nitrogens with zero attached hydrogens (tertiary/aromatic N) is 2. The molecule has 90 valence electrons. The first-order valence-electron chi connectivity index (χ1n) is 5.23. The van der Waals surface area contributed by atoms with Crippen LogP contribution in [0.3, 0.4) is 0 Å². The Morgan fingerprint density at radius 2 is 2.18 bits per heavy atom. The molecule has 0 atom stereocenters. The Balaban J connectivity index is 2.07. The molecule has 5 heteroatoms. The third-order valence-corrected chi connectivity index (χ3v) is 3.81. The summed E-state index contributed by atoms with van der Waals surface area (Å²) in [5.74, 6) is 0.873. The molecular weight excluding hydrogens is 254 g/mol. The summed E-state index contributed by atoms with van der Waals surface area (Å²) in [6.45, 7) is 1.99. The third-order valence-electron chi connectivity index (χ3n) is 2.46. The molecule has 1 aromatic carbocycles. The zero-order valence-electron chi connectivity index (χ0n) is 9.77. The van der Waals surface area contributed by atoms with Gasteiger partial charge >= 0.3 is 0 Å². The Hall–Kier alpha value is -1.13. The van der Waals surface area contributed by atoms with E-state index in [1.807, 2.05) is 36.9 Å². The van der Waals surface area contributed by atoms with E-state index in [2.05, 4.69) is 11.2 Å². The molecule has 0 fully saturated rings. The highest BCUT2D eigenvalue weighted by molar-refractivity contribution is 7.98. The number of aromatic nitrogens is 2. The second-order valence-electron chi connectivity index (χ2n) is 3.87. The molecule has 0 amide bonds. The highest BCUT2D eigenvalue weighted by Crippen LogP contribution is 2.28. The average Bonchev–Trinajstić information content (AvgIpc) is 2.59. The molecule has 0 unspecified atom stereocenters. The van der Waals surface area contributed by atoms with Crippen molar-refractivity contribution in [2.75, 3.05) is 5.73 Å². The molecule has 0 saturated heterocycles. The number of anilines is 1. The van der Waals surface area contributed by atoms with Gasteiger partial charge in [0.05, 0.1) is 16.4 Å². The molecule has 0 bridgehead atoms. The van der Waals surface area contributed by atoms with Crippen LogP contribution in [-0.2, 0) is 12.8 Å². The van der Waals surface area contributed by atoms with Gasteiger partial charge in [-0.2, -0.15) is 5.10 Å². The Morgan fingerprint density at radius 3 is 2.76 bits per heavy atom. The van der Waals surface area contributed by atoms with E-state index in [-0.39, 0.29) is 0 Å². The quantitative estimate of drug-likeness (QED) is 0.686. The van der Waals surface area contributed by atoms with Gasteiger partial charge in [0, 0.05) is 23.4 Å². The fraction of sp³-hybridized carbons (Fsp3) is 0.250. The van der Waals surface area contributed by atoms with Crippen LogP contribution < -0.4 is 5.73 Å². The van der Waals surface area contributed by atoms with Crippen LogP contribution in [0.4, 0.5) is 5.69 Å². The van der Waals surface area contributed by atoms with E-state index in [1.54, 1.807) is 11.8 Å². The second kappa shape index (κ2) is 5.02. The van der Waals surface area contributed by atoms with Gasteiger partial charge in [-0.25, -0.2) is 0 Å². The molecule has 0 aliphatic heterocycles. The summed E-state index contributed by atoms with van der Waals surface area (Å²) in [5, 5.41) is 4.92. The summed E-state index contributed by atoms with van der Waals surface area (Å²) in [6, 6.07) is 7.80. The molecule has 3 nitrogen and oxygen atoms in total. The summed E-state index contributed by atoms with van der Waals surface area (Å²) in [6.07, 6.45) is 0. The number of thioether (sulfide) groups is 1. The fourth-order valence-corrected chi connectivity index (χ4v) is 2.75. The van der Waals surface area contributed by atoms with Gasteiger partial charge in [0.25, 0.3) is 0 Å². The lowest BCUT2D eigenvalue weighted by Gasteiger charge is -2.04. The smallest absolute Gasteiger partial charge is 0.0646 e. The molecule has 2 N–H and O–H groups in total. The van der Waals surface area contributed by atoms with Crippen molar-refractivity contribution in [3.05, 3.63) is 40.7 Å². The van der Waals surface area contributed by atoms with Crippen molar-refractivity contribution in [2.45, 2.75) is 17.6 Å². The van der Waals surface area contributed by atoms with Crippen LogP contribution in [0.1, 0.15) is 11.4 Å². The monoisotopic (exact) mass is 267 g/mol. The molecule has 0 saturated carbocycles. The predicted octanol–water partition coefficient (Wildman–Crippen LogP) is 3.26. The predicted molar refractivity (Wildman–Crippen MR) is 73.4 cm³/mol. The highest BCUT2D eigenvalue weighted by Gasteiger charge is 2.04. The van der Waals surface area contributed by atoms with E-state index in [9.17, 15) is 0 Å². The Kier molecular flexibility index (Phi) is 3.64. The summed E-state index contributed by atoms with van der Waals surface area (Å²) < 4.78 is 1.90. The number of aryl methyl sites for hydroxylation is 2. The van der Waals surface area contributed by atoms with E-state index in [1.165, 1.54) is 5.69 Å². The molecule has 0 aliphatic carbocycles. The number of halogens is 1. The van der Waals surface area contributed by atoms with E-state index in [0.29, 0.717) is 10.7 Å². The van der Waals surface area contributed by atoms with E-state index >= 15 is 0 Å². The summed E-state index contributed by atoms with van der Waals surface area (Å²) in [5.41, 5.74) is 8.52. The summed E-state index contributed by atoms with van der Waals surface area (Å²) in [7, 11) is 1.96. The molecule has 0 radical (unpaired) electrons. The lowest BCUT2D eigenvalue weighted by molar-refractivity contribution is 0.727. The first-order valence-corrected chi connectivity index (χ1v) is 6.60. The van der Waals surface area contributed by atoms with Gasteiger partial charge in [-0.1, -0.05) is 11.6 Å². The van der Waals surface area contributed by atoms with Crippen LogP contribution >= 0.6 is 23.4 Å². The Bertz CT molecular complexity index is 537. The van der Waals surface area contributed by atoms with Crippen molar-refractivity contribution < 1.29 is 0 Å². The van der Waals surface area contributed by atoms with Crippen LogP contribution in [-0.4, -0.2) is 9.78 Å². The van der Waals surface area contributed by atoms with Gasteiger partial charge in [-0.3, -0.25) is 4.68 Å². The van der Waals surface area contributed by atoms with Gasteiger partial charge in [0.15, 0.2) is 0 Å². The molecular formula is C12H14ClN3S. The lowest BCUT2D eigenvalue weighted by atomic mass is 10.3. The van der Waals surface area contributed by atoms with Crippen LogP contribution in [0.5, 0.6) is 0 Å². The molecule has 1 heterocycles. The van der Waals surface area contributed by atoms with Crippen LogP contribution in [0, 0.1) is 6.92 Å². The van der Waals surface area contributed by atoms with Crippen molar-refractivity contribution >= 4 is 29.1 Å². The maximum absolute atomic E-state index is 5.98. The number of hydrogen-bond acceptors (Lipinski definition) is 3. The number of nitrogens with two attached hydrogens (primary N) is 1. The van der Waals surface area contributed by atoms with Crippen LogP contribution in [0.25, 0.3) is 0 Å². The van der Waals surface area contributed by atoms with Gasteiger partial charge in [-0.05, 0) is 31.2 Å². The Morgan fingerprint density at radius 1 is 1.41 bits per heavy atom. The zero-order chi connectivity index (χ0) is 12.4. The van der Waals surface area contributed by atoms with Gasteiger partial charge in [0.2, 0.25) is 0 Å². The number of hydrogen-bond donors (Lipinski definition) is 1. The largest absolute Gasteiger partial charge is 0.398 e. The molecule has 0 aliphatic rings. The van der Waals surface area contributed by atoms with Gasteiger partial charge in [-0.15, -0.1) is 11.8 Å². The number of rotatable bonds is 3. The fourth-order valence-electron chi connectivity index (χ4n) is 1.55. The highest BCUT2D eigenvalue weighted by atomic mass is 35.5. The lowest BCUT2D eigenvalue weighted by Crippen LogP contribution is -1.96. The third kappa shape index (κ3) is 2.96. The molecule has 2 rings (SSSR count). The maximum Gasteiger partial charge on any atom is 0.0646 e. The standard InChI is InChI=1S/C12H14ClN3S/c1-8-5-9(16(2)15-8)7-17-10-3-4-12(14)11(13)6-10/h3-6H,7,14H2,1-2H3. The molecule has 1 aromatic heterocycles. The van der Waals surface area contributed by atoms with Gasteiger partial charge in [0.1, 0.15) is 0 Å². The number of nitrogen functional groups attached to an aromatic ring is 1. The summed E-state index contributed by atoms with van der Waals surface area (Å²) in [4.78, 5) is 1.11. The minimum absolute atomic E-state index is 0.608. The minimum atomic E-state index is 0.608. The van der Waals surface area contributed by atoms with Crippen LogP contribution in [0.2, 0.25) is 5.02 Å². The zero-order valence-corrected chi connectivity index (χ0v) is 11.3. The molecule has 0 spiro atoms. The first-order chi connectivity index (χ1) is 8.06. The van der Waals surface area contributed by atoms with Crippen molar-refractivity contribution in [1.82, 2.24) is 9.78 Å².